The molecule has 0 aliphatic carbocycles. The summed E-state index contributed by atoms with van der Waals surface area (Å²) >= 11 is 0. The van der Waals surface area contributed by atoms with Gasteiger partial charge in [-0.3, -0.25) is 10.1 Å². The summed E-state index contributed by atoms with van der Waals surface area (Å²) in [6, 6.07) is 7.15. The van der Waals surface area contributed by atoms with Gasteiger partial charge in [-0.1, -0.05) is 6.07 Å². The molecule has 0 N–H and O–H groups in total. The average Bonchev–Trinajstić information content (AvgIpc) is 2.70. The SMILES string of the molecule is O=[N+]([O-])c1cccc(F)c1-n1cccc1. The van der Waals surface area contributed by atoms with Gasteiger partial charge < -0.3 is 4.57 Å². The predicted molar refractivity (Wildman–Crippen MR) is 52.4 cm³/mol. The van der Waals surface area contributed by atoms with Gasteiger partial charge in [-0.15, -0.1) is 0 Å². The minimum Gasteiger partial charge on any atom is -0.316 e. The zero-order chi connectivity index (χ0) is 10.8. The lowest BCUT2D eigenvalue weighted by Crippen LogP contribution is -2.00. The third-order valence-electron chi connectivity index (χ3n) is 2.02. The van der Waals surface area contributed by atoms with Gasteiger partial charge in [0.1, 0.15) is 0 Å². The van der Waals surface area contributed by atoms with Crippen molar-refractivity contribution < 1.29 is 9.31 Å². The Kier molecular flexibility index (Phi) is 2.21. The maximum Gasteiger partial charge on any atom is 0.296 e. The minimum atomic E-state index is -0.611. The molecule has 1 heterocycles. The van der Waals surface area contributed by atoms with Crippen LogP contribution < -0.4 is 0 Å². The number of nitrogens with zero attached hydrogens (tertiary/aromatic N) is 2. The molecule has 5 heteroatoms. The molecule has 0 unspecified atom stereocenters. The van der Waals surface area contributed by atoms with E-state index in [1.54, 1.807) is 24.5 Å². The number of nitro groups is 1. The Bertz CT molecular complexity index is 494. The van der Waals surface area contributed by atoms with Crippen molar-refractivity contribution in [1.29, 1.82) is 0 Å². The molecule has 0 amide bonds. The molecule has 0 atom stereocenters. The number of hydrogen-bond donors (Lipinski definition) is 0. The maximum atomic E-state index is 13.4. The lowest BCUT2D eigenvalue weighted by atomic mass is 10.2. The van der Waals surface area contributed by atoms with Crippen molar-refractivity contribution in [3.05, 3.63) is 58.7 Å². The van der Waals surface area contributed by atoms with Crippen LogP contribution in [-0.2, 0) is 0 Å². The lowest BCUT2D eigenvalue weighted by Gasteiger charge is -2.04. The zero-order valence-corrected chi connectivity index (χ0v) is 7.63. The van der Waals surface area contributed by atoms with E-state index >= 15 is 0 Å². The van der Waals surface area contributed by atoms with E-state index in [4.69, 9.17) is 0 Å². The molecule has 2 aromatic rings. The molecule has 76 valence electrons. The molecule has 0 aliphatic rings. The maximum absolute atomic E-state index is 13.4. The first kappa shape index (κ1) is 9.39. The van der Waals surface area contributed by atoms with E-state index in [2.05, 4.69) is 0 Å². The second-order valence-electron chi connectivity index (χ2n) is 2.95. The van der Waals surface area contributed by atoms with Crippen LogP contribution >= 0.6 is 0 Å². The summed E-state index contributed by atoms with van der Waals surface area (Å²) in [6.07, 6.45) is 3.12. The number of para-hydroxylation sites is 1. The standard InChI is InChI=1S/C10H7FN2O2/c11-8-4-3-5-9(13(14)15)10(8)12-6-1-2-7-12/h1-7H. The highest BCUT2D eigenvalue weighted by Gasteiger charge is 2.18. The second kappa shape index (κ2) is 3.53. The Balaban J connectivity index is 2.68. The number of nitro benzene ring substituents is 1. The Hall–Kier alpha value is -2.17. The fourth-order valence-corrected chi connectivity index (χ4v) is 1.39. The summed E-state index contributed by atoms with van der Waals surface area (Å²) in [5, 5.41) is 10.7. The minimum absolute atomic E-state index is 0.0347. The van der Waals surface area contributed by atoms with Crippen molar-refractivity contribution in [1.82, 2.24) is 4.57 Å². The normalized spacial score (nSPS) is 10.2. The van der Waals surface area contributed by atoms with Gasteiger partial charge in [0.2, 0.25) is 0 Å². The summed E-state index contributed by atoms with van der Waals surface area (Å²) in [5.41, 5.74) is -0.279. The molecule has 1 aromatic carbocycles. The highest BCUT2D eigenvalue weighted by atomic mass is 19.1. The van der Waals surface area contributed by atoms with Gasteiger partial charge in [0.05, 0.1) is 4.92 Å². The first-order valence-electron chi connectivity index (χ1n) is 4.26. The quantitative estimate of drug-likeness (QED) is 0.560. The Morgan fingerprint density at radius 2 is 1.87 bits per heavy atom. The largest absolute Gasteiger partial charge is 0.316 e. The van der Waals surface area contributed by atoms with E-state index in [0.29, 0.717) is 0 Å². The fourth-order valence-electron chi connectivity index (χ4n) is 1.39. The molecule has 15 heavy (non-hydrogen) atoms. The van der Waals surface area contributed by atoms with Crippen LogP contribution in [0.4, 0.5) is 10.1 Å². The molecule has 0 fully saturated rings. The smallest absolute Gasteiger partial charge is 0.296 e. The van der Waals surface area contributed by atoms with Gasteiger partial charge in [-0.2, -0.15) is 0 Å². The molecule has 4 nitrogen and oxygen atoms in total. The number of benzene rings is 1. The fraction of sp³-hybridized carbons (Fsp3) is 0. The van der Waals surface area contributed by atoms with Crippen LogP contribution in [0.5, 0.6) is 0 Å². The molecule has 1 aromatic heterocycles. The highest BCUT2D eigenvalue weighted by Crippen LogP contribution is 2.25. The molecule has 0 saturated carbocycles. The van der Waals surface area contributed by atoms with Gasteiger partial charge in [-0.05, 0) is 18.2 Å². The topological polar surface area (TPSA) is 48.1 Å². The van der Waals surface area contributed by atoms with Crippen LogP contribution in [0, 0.1) is 15.9 Å². The second-order valence-corrected chi connectivity index (χ2v) is 2.95. The van der Waals surface area contributed by atoms with E-state index in [1.165, 1.54) is 22.8 Å². The monoisotopic (exact) mass is 206 g/mol. The Morgan fingerprint density at radius 3 is 2.47 bits per heavy atom. The summed E-state index contributed by atoms with van der Waals surface area (Å²) in [5.74, 6) is -0.611. The first-order chi connectivity index (χ1) is 7.20. The Morgan fingerprint density at radius 1 is 1.20 bits per heavy atom. The van der Waals surface area contributed by atoms with E-state index in [0.717, 1.165) is 0 Å². The van der Waals surface area contributed by atoms with Gasteiger partial charge in [0.15, 0.2) is 11.5 Å². The first-order valence-corrected chi connectivity index (χ1v) is 4.26. The predicted octanol–water partition coefficient (Wildman–Crippen LogP) is 2.52. The van der Waals surface area contributed by atoms with E-state index < -0.39 is 10.7 Å². The zero-order valence-electron chi connectivity index (χ0n) is 7.63. The van der Waals surface area contributed by atoms with Crippen molar-refractivity contribution >= 4 is 5.69 Å². The molecule has 2 rings (SSSR count). The molecular weight excluding hydrogens is 199 g/mol. The van der Waals surface area contributed by atoms with E-state index in [9.17, 15) is 14.5 Å². The summed E-state index contributed by atoms with van der Waals surface area (Å²) < 4.78 is 14.8. The van der Waals surface area contributed by atoms with Crippen LogP contribution in [0.2, 0.25) is 0 Å². The van der Waals surface area contributed by atoms with E-state index in [1.807, 2.05) is 0 Å². The van der Waals surface area contributed by atoms with Gasteiger partial charge in [0, 0.05) is 18.5 Å². The van der Waals surface area contributed by atoms with Crippen LogP contribution in [-0.4, -0.2) is 9.49 Å². The van der Waals surface area contributed by atoms with Crippen molar-refractivity contribution in [3.63, 3.8) is 0 Å². The highest BCUT2D eigenvalue weighted by molar-refractivity contribution is 5.53. The van der Waals surface area contributed by atoms with E-state index in [-0.39, 0.29) is 11.4 Å². The molecule has 0 spiro atoms. The summed E-state index contributed by atoms with van der Waals surface area (Å²) in [6.45, 7) is 0. The average molecular weight is 206 g/mol. The van der Waals surface area contributed by atoms with Crippen molar-refractivity contribution in [2.45, 2.75) is 0 Å². The van der Waals surface area contributed by atoms with Gasteiger partial charge in [0.25, 0.3) is 5.69 Å². The molecule has 0 aliphatic heterocycles. The Labute approximate surface area is 84.7 Å². The van der Waals surface area contributed by atoms with Gasteiger partial charge >= 0.3 is 0 Å². The lowest BCUT2D eigenvalue weighted by molar-refractivity contribution is -0.384. The molecular formula is C10H7FN2O2. The number of hydrogen-bond acceptors (Lipinski definition) is 2. The van der Waals surface area contributed by atoms with Crippen LogP contribution in [0.1, 0.15) is 0 Å². The molecule has 0 radical (unpaired) electrons. The summed E-state index contributed by atoms with van der Waals surface area (Å²) in [7, 11) is 0. The van der Waals surface area contributed by atoms with Gasteiger partial charge in [-0.25, -0.2) is 4.39 Å². The summed E-state index contributed by atoms with van der Waals surface area (Å²) in [4.78, 5) is 10.1. The van der Waals surface area contributed by atoms with Crippen molar-refractivity contribution in [3.8, 4) is 5.69 Å². The number of rotatable bonds is 2. The van der Waals surface area contributed by atoms with Crippen LogP contribution in [0.15, 0.2) is 42.7 Å². The van der Waals surface area contributed by atoms with Crippen molar-refractivity contribution in [2.75, 3.05) is 0 Å². The number of aromatic nitrogens is 1. The van der Waals surface area contributed by atoms with Crippen LogP contribution in [0.25, 0.3) is 5.69 Å². The number of halogens is 1. The van der Waals surface area contributed by atoms with Crippen LogP contribution in [0.3, 0.4) is 0 Å². The molecule has 0 saturated heterocycles. The molecule has 0 bridgehead atoms. The third-order valence-corrected chi connectivity index (χ3v) is 2.02. The van der Waals surface area contributed by atoms with Crippen molar-refractivity contribution in [2.24, 2.45) is 0 Å². The third kappa shape index (κ3) is 1.59.